The first kappa shape index (κ1) is 21.9. The van der Waals surface area contributed by atoms with Crippen molar-refractivity contribution in [2.75, 3.05) is 19.6 Å². The summed E-state index contributed by atoms with van der Waals surface area (Å²) in [5, 5.41) is 0. The van der Waals surface area contributed by atoms with E-state index in [1.165, 1.54) is 31.2 Å². The summed E-state index contributed by atoms with van der Waals surface area (Å²) in [6.07, 6.45) is 10.1. The topological polar surface area (TPSA) is 43.9 Å². The van der Waals surface area contributed by atoms with Gasteiger partial charge in [-0.3, -0.25) is 14.5 Å². The number of piperidine rings is 1. The summed E-state index contributed by atoms with van der Waals surface area (Å²) in [6.45, 7) is 6.73. The van der Waals surface area contributed by atoms with Crippen LogP contribution >= 0.6 is 0 Å². The SMILES string of the molecule is CC(=O)N1[C@H](Cc2ccccc2)[C@@H]2C[C@@]3(C)[C@H](CCC[C@@H]13)N2C(=O)CN1CCCCCC1. The molecule has 1 aromatic carbocycles. The minimum atomic E-state index is 0.0240. The molecule has 1 saturated carbocycles. The summed E-state index contributed by atoms with van der Waals surface area (Å²) in [5.41, 5.74) is 1.28. The van der Waals surface area contributed by atoms with E-state index < -0.39 is 0 Å². The Labute approximate surface area is 193 Å². The number of fused-ring (bicyclic) bond motifs is 1. The maximum Gasteiger partial charge on any atom is 0.237 e. The van der Waals surface area contributed by atoms with Crippen molar-refractivity contribution in [3.63, 3.8) is 0 Å². The van der Waals surface area contributed by atoms with Gasteiger partial charge in [0.15, 0.2) is 0 Å². The Bertz CT molecular complexity index is 835. The van der Waals surface area contributed by atoms with Gasteiger partial charge in [0.05, 0.1) is 18.6 Å². The fourth-order valence-electron chi connectivity index (χ4n) is 7.56. The Kier molecular flexibility index (Phi) is 6.04. The standard InChI is InChI=1S/C27H39N3O2/c1-20(31)29-22(17-21-11-6-5-7-12-21)23-18-27(2)24(29)13-10-14-25(27)30(23)26(32)19-28-15-8-3-4-9-16-28/h5-7,11-12,22-25H,3-4,8-10,13-19H2,1-2H3/t22-,23+,24-,25+,27-/m1/s1. The molecule has 1 aromatic rings. The van der Waals surface area contributed by atoms with E-state index in [1.54, 1.807) is 6.92 Å². The first-order valence-corrected chi connectivity index (χ1v) is 12.9. The molecule has 0 N–H and O–H groups in total. The van der Waals surface area contributed by atoms with Gasteiger partial charge in [0.1, 0.15) is 0 Å². The van der Waals surface area contributed by atoms with Gasteiger partial charge in [-0.15, -0.1) is 0 Å². The molecule has 5 nitrogen and oxygen atoms in total. The van der Waals surface area contributed by atoms with Crippen LogP contribution < -0.4 is 0 Å². The molecule has 2 bridgehead atoms. The minimum Gasteiger partial charge on any atom is -0.334 e. The van der Waals surface area contributed by atoms with Crippen LogP contribution in [0, 0.1) is 5.41 Å². The molecule has 4 fully saturated rings. The molecule has 174 valence electrons. The van der Waals surface area contributed by atoms with Crippen LogP contribution in [0.1, 0.15) is 70.8 Å². The van der Waals surface area contributed by atoms with E-state index in [0.717, 1.165) is 45.2 Å². The molecule has 3 aliphatic heterocycles. The minimum absolute atomic E-state index is 0.0240. The maximum atomic E-state index is 13.9. The fourth-order valence-corrected chi connectivity index (χ4v) is 7.56. The highest BCUT2D eigenvalue weighted by Crippen LogP contribution is 2.56. The second kappa shape index (κ2) is 8.81. The molecular weight excluding hydrogens is 398 g/mol. The highest BCUT2D eigenvalue weighted by molar-refractivity contribution is 5.81. The van der Waals surface area contributed by atoms with Crippen molar-refractivity contribution in [2.45, 2.75) is 95.8 Å². The average Bonchev–Trinajstić information content (AvgIpc) is 2.87. The van der Waals surface area contributed by atoms with Gasteiger partial charge in [-0.05, 0) is 63.6 Å². The van der Waals surface area contributed by atoms with Gasteiger partial charge < -0.3 is 9.80 Å². The van der Waals surface area contributed by atoms with E-state index >= 15 is 0 Å². The van der Waals surface area contributed by atoms with Gasteiger partial charge in [0.25, 0.3) is 0 Å². The van der Waals surface area contributed by atoms with Gasteiger partial charge in [-0.2, -0.15) is 0 Å². The Morgan fingerprint density at radius 1 is 0.938 bits per heavy atom. The van der Waals surface area contributed by atoms with Gasteiger partial charge in [-0.1, -0.05) is 50.1 Å². The zero-order valence-corrected chi connectivity index (χ0v) is 19.8. The third-order valence-electron chi connectivity index (χ3n) is 8.95. The van der Waals surface area contributed by atoms with Crippen LogP contribution in [-0.2, 0) is 16.0 Å². The molecular formula is C27H39N3O2. The maximum absolute atomic E-state index is 13.9. The van der Waals surface area contributed by atoms with Crippen LogP contribution in [0.3, 0.4) is 0 Å². The van der Waals surface area contributed by atoms with Crippen LogP contribution in [-0.4, -0.2) is 70.3 Å². The molecule has 5 rings (SSSR count). The van der Waals surface area contributed by atoms with Crippen molar-refractivity contribution in [3.8, 4) is 0 Å². The first-order chi connectivity index (χ1) is 15.5. The molecule has 1 aliphatic carbocycles. The lowest BCUT2D eigenvalue weighted by atomic mass is 9.64. The predicted molar refractivity (Wildman–Crippen MR) is 126 cm³/mol. The summed E-state index contributed by atoms with van der Waals surface area (Å²) in [4.78, 5) is 33.7. The monoisotopic (exact) mass is 437 g/mol. The Morgan fingerprint density at radius 3 is 2.25 bits per heavy atom. The summed E-state index contributed by atoms with van der Waals surface area (Å²) in [5.74, 6) is 0.476. The third-order valence-corrected chi connectivity index (χ3v) is 8.95. The number of carbonyl (C=O) groups is 2. The van der Waals surface area contributed by atoms with Gasteiger partial charge >= 0.3 is 0 Å². The fraction of sp³-hybridized carbons (Fsp3) is 0.704. The molecule has 2 amide bonds. The molecule has 32 heavy (non-hydrogen) atoms. The summed E-state index contributed by atoms with van der Waals surface area (Å²) >= 11 is 0. The second-order valence-corrected chi connectivity index (χ2v) is 10.9. The normalized spacial score (nSPS) is 34.9. The Balaban J connectivity index is 1.47. The first-order valence-electron chi connectivity index (χ1n) is 12.9. The van der Waals surface area contributed by atoms with Crippen molar-refractivity contribution in [1.82, 2.24) is 14.7 Å². The van der Waals surface area contributed by atoms with Gasteiger partial charge in [0, 0.05) is 24.4 Å². The second-order valence-electron chi connectivity index (χ2n) is 10.9. The highest BCUT2D eigenvalue weighted by Gasteiger charge is 2.64. The lowest BCUT2D eigenvalue weighted by molar-refractivity contribution is -0.143. The van der Waals surface area contributed by atoms with Crippen LogP contribution in [0.2, 0.25) is 0 Å². The Morgan fingerprint density at radius 2 is 1.59 bits per heavy atom. The van der Waals surface area contributed by atoms with E-state index in [4.69, 9.17) is 0 Å². The quantitative estimate of drug-likeness (QED) is 0.718. The van der Waals surface area contributed by atoms with Gasteiger partial charge in [0.2, 0.25) is 11.8 Å². The lowest BCUT2D eigenvalue weighted by Gasteiger charge is -2.52. The van der Waals surface area contributed by atoms with Crippen molar-refractivity contribution < 1.29 is 9.59 Å². The number of amides is 2. The summed E-state index contributed by atoms with van der Waals surface area (Å²) in [6, 6.07) is 11.3. The number of likely N-dealkylation sites (tertiary alicyclic amines) is 3. The largest absolute Gasteiger partial charge is 0.334 e. The van der Waals surface area contributed by atoms with Crippen molar-refractivity contribution in [2.24, 2.45) is 5.41 Å². The molecule has 0 aromatic heterocycles. The van der Waals surface area contributed by atoms with Gasteiger partial charge in [-0.25, -0.2) is 0 Å². The molecule has 3 heterocycles. The molecule has 5 atom stereocenters. The predicted octanol–water partition coefficient (Wildman–Crippen LogP) is 3.86. The molecule has 3 saturated heterocycles. The van der Waals surface area contributed by atoms with E-state index in [9.17, 15) is 9.59 Å². The van der Waals surface area contributed by atoms with Crippen molar-refractivity contribution >= 4 is 11.8 Å². The van der Waals surface area contributed by atoms with Crippen LogP contribution in [0.5, 0.6) is 0 Å². The summed E-state index contributed by atoms with van der Waals surface area (Å²) in [7, 11) is 0. The molecule has 5 heteroatoms. The number of rotatable bonds is 4. The number of carbonyl (C=O) groups excluding carboxylic acids is 2. The number of benzene rings is 1. The molecule has 4 aliphatic rings. The van der Waals surface area contributed by atoms with Crippen molar-refractivity contribution in [1.29, 1.82) is 0 Å². The van der Waals surface area contributed by atoms with Crippen molar-refractivity contribution in [3.05, 3.63) is 35.9 Å². The van der Waals surface area contributed by atoms with Crippen LogP contribution in [0.4, 0.5) is 0 Å². The smallest absolute Gasteiger partial charge is 0.237 e. The van der Waals surface area contributed by atoms with E-state index in [0.29, 0.717) is 12.5 Å². The third kappa shape index (κ3) is 3.76. The molecule has 0 radical (unpaired) electrons. The highest BCUT2D eigenvalue weighted by atomic mass is 16.2. The zero-order valence-electron chi connectivity index (χ0n) is 19.8. The number of nitrogens with zero attached hydrogens (tertiary/aromatic N) is 3. The van der Waals surface area contributed by atoms with E-state index in [-0.39, 0.29) is 35.5 Å². The molecule has 0 spiro atoms. The number of hydrogen-bond acceptors (Lipinski definition) is 3. The summed E-state index contributed by atoms with van der Waals surface area (Å²) < 4.78 is 0. The van der Waals surface area contributed by atoms with E-state index in [1.807, 2.05) is 6.07 Å². The average molecular weight is 438 g/mol. The lowest BCUT2D eigenvalue weighted by Crippen LogP contribution is -2.62. The number of hydrogen-bond donors (Lipinski definition) is 0. The van der Waals surface area contributed by atoms with E-state index in [2.05, 4.69) is 45.9 Å². The molecule has 0 unspecified atom stereocenters. The Hall–Kier alpha value is -1.88. The van der Waals surface area contributed by atoms with Crippen LogP contribution in [0.25, 0.3) is 0 Å². The van der Waals surface area contributed by atoms with Crippen LogP contribution in [0.15, 0.2) is 30.3 Å². The zero-order chi connectivity index (χ0) is 22.3.